The van der Waals surface area contributed by atoms with Crippen LogP contribution in [0.2, 0.25) is 5.02 Å². The molecule has 4 nitrogen and oxygen atoms in total. The average molecular weight is 243 g/mol. The number of carboxylic acid groups (broad SMARTS) is 1. The number of hydrogen-bond acceptors (Lipinski definition) is 3. The van der Waals surface area contributed by atoms with E-state index in [-0.39, 0.29) is 5.56 Å². The summed E-state index contributed by atoms with van der Waals surface area (Å²) in [6.45, 7) is 2.93. The van der Waals surface area contributed by atoms with Crippen molar-refractivity contribution >= 4 is 23.4 Å². The highest BCUT2D eigenvalue weighted by Crippen LogP contribution is 2.20. The molecule has 0 spiro atoms. The molecule has 1 aromatic rings. The van der Waals surface area contributed by atoms with Crippen LogP contribution in [-0.2, 0) is 0 Å². The minimum absolute atomic E-state index is 0.101. The second-order valence-corrected chi connectivity index (χ2v) is 3.90. The fraction of sp³-hybridized carbons (Fsp3) is 0.455. The summed E-state index contributed by atoms with van der Waals surface area (Å²) in [5, 5.41) is 12.1. The lowest BCUT2D eigenvalue weighted by Gasteiger charge is -2.07. The van der Waals surface area contributed by atoms with Crippen LogP contribution in [0, 0.1) is 0 Å². The van der Waals surface area contributed by atoms with Crippen LogP contribution in [0.4, 0.5) is 5.82 Å². The number of rotatable bonds is 6. The number of nitrogens with one attached hydrogen (secondary N) is 1. The molecule has 0 saturated heterocycles. The Morgan fingerprint density at radius 3 is 2.88 bits per heavy atom. The molecule has 0 saturated carbocycles. The number of carbonyl (C=O) groups is 1. The smallest absolute Gasteiger partial charge is 0.337 e. The number of hydrogen-bond donors (Lipinski definition) is 2. The second kappa shape index (κ2) is 6.33. The third kappa shape index (κ3) is 3.70. The summed E-state index contributed by atoms with van der Waals surface area (Å²) in [5.74, 6) is -0.477. The number of unbranched alkanes of at least 4 members (excludes halogenated alkanes) is 2. The maximum Gasteiger partial charge on any atom is 0.337 e. The molecule has 16 heavy (non-hydrogen) atoms. The summed E-state index contributed by atoms with van der Waals surface area (Å²) in [7, 11) is 0. The van der Waals surface area contributed by atoms with Gasteiger partial charge in [-0.05, 0) is 12.5 Å². The molecule has 5 heteroatoms. The van der Waals surface area contributed by atoms with Crippen molar-refractivity contribution in [1.29, 1.82) is 0 Å². The molecular formula is C11H15ClN2O2. The van der Waals surface area contributed by atoms with Gasteiger partial charge in [0.05, 0.1) is 10.6 Å². The first-order valence-corrected chi connectivity index (χ1v) is 5.65. The Kier molecular flexibility index (Phi) is 5.05. The van der Waals surface area contributed by atoms with Gasteiger partial charge in [0.25, 0.3) is 0 Å². The topological polar surface area (TPSA) is 62.2 Å². The lowest BCUT2D eigenvalue weighted by Crippen LogP contribution is -2.05. The number of halogens is 1. The molecule has 0 atom stereocenters. The first-order chi connectivity index (χ1) is 7.65. The molecule has 0 aliphatic rings. The van der Waals surface area contributed by atoms with Crippen LogP contribution < -0.4 is 5.32 Å². The van der Waals surface area contributed by atoms with Gasteiger partial charge in [0, 0.05) is 12.7 Å². The molecular weight excluding hydrogens is 228 g/mol. The van der Waals surface area contributed by atoms with Crippen molar-refractivity contribution in [1.82, 2.24) is 4.98 Å². The van der Waals surface area contributed by atoms with Crippen LogP contribution in [0.3, 0.4) is 0 Å². The Bertz CT molecular complexity index is 369. The lowest BCUT2D eigenvalue weighted by atomic mass is 10.2. The molecule has 1 aromatic heterocycles. The summed E-state index contributed by atoms with van der Waals surface area (Å²) in [5.41, 5.74) is 0.101. The van der Waals surface area contributed by atoms with Crippen LogP contribution in [0.15, 0.2) is 12.3 Å². The van der Waals surface area contributed by atoms with Gasteiger partial charge in [-0.15, -0.1) is 0 Å². The quantitative estimate of drug-likeness (QED) is 0.753. The van der Waals surface area contributed by atoms with Crippen molar-refractivity contribution < 1.29 is 9.90 Å². The minimum Gasteiger partial charge on any atom is -0.478 e. The lowest BCUT2D eigenvalue weighted by molar-refractivity contribution is 0.0696. The van der Waals surface area contributed by atoms with E-state index in [1.54, 1.807) is 0 Å². The average Bonchev–Trinajstić information content (AvgIpc) is 2.26. The first kappa shape index (κ1) is 12.8. The predicted octanol–water partition coefficient (Wildman–Crippen LogP) is 3.04. The van der Waals surface area contributed by atoms with Crippen LogP contribution >= 0.6 is 11.6 Å². The molecule has 1 rings (SSSR count). The van der Waals surface area contributed by atoms with E-state index < -0.39 is 5.97 Å². The Balaban J connectivity index is 2.57. The van der Waals surface area contributed by atoms with Crippen molar-refractivity contribution in [2.75, 3.05) is 11.9 Å². The van der Waals surface area contributed by atoms with Crippen molar-refractivity contribution in [2.24, 2.45) is 0 Å². The van der Waals surface area contributed by atoms with Gasteiger partial charge in [-0.25, -0.2) is 9.78 Å². The zero-order valence-corrected chi connectivity index (χ0v) is 9.92. The normalized spacial score (nSPS) is 10.1. The molecule has 0 aliphatic carbocycles. The molecule has 0 aliphatic heterocycles. The third-order valence-corrected chi connectivity index (χ3v) is 2.45. The molecule has 0 bridgehead atoms. The molecule has 1 heterocycles. The van der Waals surface area contributed by atoms with E-state index in [1.807, 2.05) is 0 Å². The largest absolute Gasteiger partial charge is 0.478 e. The first-order valence-electron chi connectivity index (χ1n) is 5.28. The molecule has 88 valence electrons. The summed E-state index contributed by atoms with van der Waals surface area (Å²) in [6, 6.07) is 1.40. The number of aromatic carboxylic acids is 1. The number of anilines is 1. The minimum atomic E-state index is -1.02. The van der Waals surface area contributed by atoms with Crippen LogP contribution in [0.25, 0.3) is 0 Å². The van der Waals surface area contributed by atoms with E-state index in [0.29, 0.717) is 10.8 Å². The van der Waals surface area contributed by atoms with E-state index in [1.165, 1.54) is 12.3 Å². The van der Waals surface area contributed by atoms with E-state index in [0.717, 1.165) is 25.8 Å². The van der Waals surface area contributed by atoms with E-state index in [9.17, 15) is 4.79 Å². The number of aromatic nitrogens is 1. The third-order valence-electron chi connectivity index (χ3n) is 2.16. The Morgan fingerprint density at radius 2 is 2.31 bits per heavy atom. The van der Waals surface area contributed by atoms with Gasteiger partial charge in [-0.1, -0.05) is 31.4 Å². The monoisotopic (exact) mass is 242 g/mol. The van der Waals surface area contributed by atoms with Crippen molar-refractivity contribution in [2.45, 2.75) is 26.2 Å². The van der Waals surface area contributed by atoms with Crippen LogP contribution in [0.5, 0.6) is 0 Å². The van der Waals surface area contributed by atoms with Gasteiger partial charge >= 0.3 is 5.97 Å². The molecule has 0 unspecified atom stereocenters. The highest BCUT2D eigenvalue weighted by molar-refractivity contribution is 6.33. The van der Waals surface area contributed by atoms with Crippen LogP contribution in [-0.4, -0.2) is 22.6 Å². The summed E-state index contributed by atoms with van der Waals surface area (Å²) >= 11 is 5.90. The van der Waals surface area contributed by atoms with Crippen molar-refractivity contribution in [3.05, 3.63) is 22.8 Å². The van der Waals surface area contributed by atoms with E-state index >= 15 is 0 Å². The Morgan fingerprint density at radius 1 is 1.56 bits per heavy atom. The van der Waals surface area contributed by atoms with Crippen molar-refractivity contribution in [3.63, 3.8) is 0 Å². The SMILES string of the molecule is CCCCCNc1ncc(C(=O)O)cc1Cl. The van der Waals surface area contributed by atoms with Gasteiger partial charge < -0.3 is 10.4 Å². The summed E-state index contributed by atoms with van der Waals surface area (Å²) in [4.78, 5) is 14.6. The molecule has 0 fully saturated rings. The van der Waals surface area contributed by atoms with E-state index in [4.69, 9.17) is 16.7 Å². The standard InChI is InChI=1S/C11H15ClN2O2/c1-2-3-4-5-13-10-9(12)6-8(7-14-10)11(15)16/h6-7H,2-5H2,1H3,(H,13,14)(H,15,16). The molecule has 2 N–H and O–H groups in total. The Hall–Kier alpha value is -1.29. The molecule has 0 radical (unpaired) electrons. The maximum atomic E-state index is 10.6. The van der Waals surface area contributed by atoms with Crippen LogP contribution in [0.1, 0.15) is 36.5 Å². The van der Waals surface area contributed by atoms with Gasteiger partial charge in [0.1, 0.15) is 5.82 Å². The fourth-order valence-corrected chi connectivity index (χ4v) is 1.50. The number of carboxylic acids is 1. The van der Waals surface area contributed by atoms with Crippen molar-refractivity contribution in [3.8, 4) is 0 Å². The molecule has 0 amide bonds. The van der Waals surface area contributed by atoms with Gasteiger partial charge in [0.2, 0.25) is 0 Å². The van der Waals surface area contributed by atoms with Gasteiger partial charge in [-0.2, -0.15) is 0 Å². The fourth-order valence-electron chi connectivity index (χ4n) is 1.27. The van der Waals surface area contributed by atoms with E-state index in [2.05, 4.69) is 17.2 Å². The zero-order valence-electron chi connectivity index (χ0n) is 9.16. The highest BCUT2D eigenvalue weighted by Gasteiger charge is 2.07. The maximum absolute atomic E-state index is 10.6. The van der Waals surface area contributed by atoms with Gasteiger partial charge in [0.15, 0.2) is 0 Å². The summed E-state index contributed by atoms with van der Waals surface area (Å²) in [6.07, 6.45) is 4.66. The zero-order chi connectivity index (χ0) is 12.0. The Labute approximate surface area is 99.6 Å². The van der Waals surface area contributed by atoms with Gasteiger partial charge in [-0.3, -0.25) is 0 Å². The second-order valence-electron chi connectivity index (χ2n) is 3.49. The molecule has 0 aromatic carbocycles. The summed E-state index contributed by atoms with van der Waals surface area (Å²) < 4.78 is 0. The highest BCUT2D eigenvalue weighted by atomic mass is 35.5. The number of nitrogens with zero attached hydrogens (tertiary/aromatic N) is 1. The number of pyridine rings is 1. The predicted molar refractivity (Wildman–Crippen MR) is 64.2 cm³/mol.